The number of thiazole rings is 1. The quantitative estimate of drug-likeness (QED) is 0.886. The van der Waals surface area contributed by atoms with Crippen molar-refractivity contribution in [2.24, 2.45) is 0 Å². The third-order valence-electron chi connectivity index (χ3n) is 2.46. The molecule has 0 spiro atoms. The van der Waals surface area contributed by atoms with Gasteiger partial charge in [0.05, 0.1) is 5.92 Å². The topological polar surface area (TPSA) is 50.2 Å². The van der Waals surface area contributed by atoms with Crippen LogP contribution >= 0.6 is 11.3 Å². The summed E-state index contributed by atoms with van der Waals surface area (Å²) in [4.78, 5) is 15.0. The first kappa shape index (κ1) is 10.8. The zero-order valence-corrected chi connectivity index (χ0v) is 9.57. The van der Waals surface area contributed by atoms with E-state index in [2.05, 4.69) is 4.98 Å². The highest BCUT2D eigenvalue weighted by Crippen LogP contribution is 2.24. The molecule has 0 amide bonds. The zero-order chi connectivity index (χ0) is 11.5. The number of carboxylic acids is 1. The second-order valence-electron chi connectivity index (χ2n) is 3.52. The average Bonchev–Trinajstić information content (AvgIpc) is 2.81. The molecule has 0 aliphatic carbocycles. The molecule has 0 saturated carbocycles. The second kappa shape index (κ2) is 4.45. The minimum absolute atomic E-state index is 0.467. The molecule has 16 heavy (non-hydrogen) atoms. The molecule has 3 nitrogen and oxygen atoms in total. The summed E-state index contributed by atoms with van der Waals surface area (Å²) >= 11 is 1.57. The molecule has 0 fully saturated rings. The van der Waals surface area contributed by atoms with E-state index in [0.29, 0.717) is 0 Å². The highest BCUT2D eigenvalue weighted by molar-refractivity contribution is 7.13. The molecular weight excluding hydrogens is 222 g/mol. The van der Waals surface area contributed by atoms with Crippen LogP contribution in [0.2, 0.25) is 0 Å². The van der Waals surface area contributed by atoms with Gasteiger partial charge in [0.15, 0.2) is 0 Å². The van der Waals surface area contributed by atoms with Crippen LogP contribution in [0.5, 0.6) is 0 Å². The Bertz CT molecular complexity index is 476. The molecule has 1 aromatic heterocycles. The van der Waals surface area contributed by atoms with Crippen molar-refractivity contribution in [3.63, 3.8) is 0 Å². The number of hydrogen-bond donors (Lipinski definition) is 1. The lowest BCUT2D eigenvalue weighted by atomic mass is 10.0. The molecule has 4 heteroatoms. The lowest BCUT2D eigenvalue weighted by Gasteiger charge is -2.06. The first-order valence-electron chi connectivity index (χ1n) is 4.91. The zero-order valence-electron chi connectivity index (χ0n) is 8.75. The highest BCUT2D eigenvalue weighted by Gasteiger charge is 2.13. The predicted octanol–water partition coefficient (Wildman–Crippen LogP) is 3.00. The smallest absolute Gasteiger partial charge is 0.310 e. The molecule has 0 aliphatic rings. The van der Waals surface area contributed by atoms with Gasteiger partial charge >= 0.3 is 5.97 Å². The monoisotopic (exact) mass is 233 g/mol. The molecule has 2 rings (SSSR count). The number of nitrogens with zero attached hydrogens (tertiary/aromatic N) is 1. The van der Waals surface area contributed by atoms with Crippen molar-refractivity contribution in [1.82, 2.24) is 4.98 Å². The van der Waals surface area contributed by atoms with Crippen LogP contribution in [0.4, 0.5) is 0 Å². The second-order valence-corrected chi connectivity index (χ2v) is 4.41. The van der Waals surface area contributed by atoms with Crippen molar-refractivity contribution in [1.29, 1.82) is 0 Å². The highest BCUT2D eigenvalue weighted by atomic mass is 32.1. The number of hydrogen-bond acceptors (Lipinski definition) is 3. The van der Waals surface area contributed by atoms with Crippen LogP contribution < -0.4 is 0 Å². The lowest BCUT2D eigenvalue weighted by Crippen LogP contribution is -2.06. The molecule has 0 aliphatic heterocycles. The van der Waals surface area contributed by atoms with Crippen molar-refractivity contribution in [3.8, 4) is 10.6 Å². The number of aliphatic carboxylic acids is 1. The Labute approximate surface area is 97.4 Å². The summed E-state index contributed by atoms with van der Waals surface area (Å²) in [5, 5.41) is 11.8. The maximum Gasteiger partial charge on any atom is 0.310 e. The number of benzene rings is 1. The molecule has 0 saturated heterocycles. The summed E-state index contributed by atoms with van der Waals surface area (Å²) in [5.74, 6) is -1.27. The summed E-state index contributed by atoms with van der Waals surface area (Å²) in [6.07, 6.45) is 1.76. The van der Waals surface area contributed by atoms with Gasteiger partial charge in [-0.3, -0.25) is 4.79 Å². The van der Waals surface area contributed by atoms with Gasteiger partial charge in [-0.15, -0.1) is 11.3 Å². The largest absolute Gasteiger partial charge is 0.481 e. The van der Waals surface area contributed by atoms with E-state index in [-0.39, 0.29) is 0 Å². The number of carboxylic acid groups (broad SMARTS) is 1. The Morgan fingerprint density at radius 1 is 1.38 bits per heavy atom. The molecular formula is C12H11NO2S. The molecule has 1 aromatic carbocycles. The van der Waals surface area contributed by atoms with Gasteiger partial charge in [0, 0.05) is 17.1 Å². The summed E-state index contributed by atoms with van der Waals surface area (Å²) in [6, 6.07) is 7.51. The molecule has 0 bridgehead atoms. The van der Waals surface area contributed by atoms with E-state index in [4.69, 9.17) is 5.11 Å². The Morgan fingerprint density at radius 2 is 2.06 bits per heavy atom. The normalized spacial score (nSPS) is 12.3. The number of aromatic nitrogens is 1. The van der Waals surface area contributed by atoms with Gasteiger partial charge in [0.2, 0.25) is 0 Å². The van der Waals surface area contributed by atoms with E-state index in [1.165, 1.54) is 0 Å². The van der Waals surface area contributed by atoms with Gasteiger partial charge in [-0.2, -0.15) is 0 Å². The van der Waals surface area contributed by atoms with Gasteiger partial charge in [0.25, 0.3) is 0 Å². The third kappa shape index (κ3) is 2.12. The average molecular weight is 233 g/mol. The molecule has 2 aromatic rings. The third-order valence-corrected chi connectivity index (χ3v) is 3.28. The number of carbonyl (C=O) groups is 1. The molecule has 1 heterocycles. The van der Waals surface area contributed by atoms with Crippen LogP contribution in [0.3, 0.4) is 0 Å². The molecule has 82 valence electrons. The Morgan fingerprint density at radius 3 is 2.56 bits per heavy atom. The van der Waals surface area contributed by atoms with Crippen molar-refractivity contribution in [2.75, 3.05) is 0 Å². The fraction of sp³-hybridized carbons (Fsp3) is 0.167. The maximum atomic E-state index is 10.8. The van der Waals surface area contributed by atoms with Crippen LogP contribution in [0, 0.1) is 0 Å². The first-order chi connectivity index (χ1) is 7.68. The summed E-state index contributed by atoms with van der Waals surface area (Å²) in [6.45, 7) is 1.68. The van der Waals surface area contributed by atoms with Gasteiger partial charge in [-0.05, 0) is 12.5 Å². The van der Waals surface area contributed by atoms with E-state index < -0.39 is 11.9 Å². The van der Waals surface area contributed by atoms with E-state index in [9.17, 15) is 4.79 Å². The molecule has 0 radical (unpaired) electrons. The molecule has 1 N–H and O–H groups in total. The van der Waals surface area contributed by atoms with E-state index in [1.807, 2.05) is 29.6 Å². The van der Waals surface area contributed by atoms with Crippen LogP contribution in [0.25, 0.3) is 10.6 Å². The summed E-state index contributed by atoms with van der Waals surface area (Å²) < 4.78 is 0. The van der Waals surface area contributed by atoms with Gasteiger partial charge < -0.3 is 5.11 Å². The van der Waals surface area contributed by atoms with E-state index in [0.717, 1.165) is 16.1 Å². The Kier molecular flexibility index (Phi) is 3.01. The van der Waals surface area contributed by atoms with Crippen LogP contribution in [-0.4, -0.2) is 16.1 Å². The molecule has 1 atom stereocenters. The SMILES string of the molecule is CC(C(=O)O)c1ccc(-c2nccs2)cc1. The van der Waals surface area contributed by atoms with E-state index >= 15 is 0 Å². The standard InChI is InChI=1S/C12H11NO2S/c1-8(12(14)15)9-2-4-10(5-3-9)11-13-6-7-16-11/h2-8H,1H3,(H,14,15). The van der Waals surface area contributed by atoms with Crippen LogP contribution in [0.15, 0.2) is 35.8 Å². The fourth-order valence-electron chi connectivity index (χ4n) is 1.42. The van der Waals surface area contributed by atoms with Crippen molar-refractivity contribution < 1.29 is 9.90 Å². The predicted molar refractivity (Wildman–Crippen MR) is 63.6 cm³/mol. The Balaban J connectivity index is 2.26. The first-order valence-corrected chi connectivity index (χ1v) is 5.79. The van der Waals surface area contributed by atoms with Crippen molar-refractivity contribution >= 4 is 17.3 Å². The fourth-order valence-corrected chi connectivity index (χ4v) is 2.07. The van der Waals surface area contributed by atoms with Gasteiger partial charge in [-0.25, -0.2) is 4.98 Å². The van der Waals surface area contributed by atoms with Gasteiger partial charge in [-0.1, -0.05) is 24.3 Å². The van der Waals surface area contributed by atoms with Crippen molar-refractivity contribution in [2.45, 2.75) is 12.8 Å². The summed E-state index contributed by atoms with van der Waals surface area (Å²) in [7, 11) is 0. The number of rotatable bonds is 3. The molecule has 1 unspecified atom stereocenters. The van der Waals surface area contributed by atoms with Crippen LogP contribution in [0.1, 0.15) is 18.4 Å². The van der Waals surface area contributed by atoms with Crippen molar-refractivity contribution in [3.05, 3.63) is 41.4 Å². The Hall–Kier alpha value is -1.68. The minimum atomic E-state index is -0.804. The van der Waals surface area contributed by atoms with Crippen LogP contribution in [-0.2, 0) is 4.79 Å². The lowest BCUT2D eigenvalue weighted by molar-refractivity contribution is -0.138. The summed E-state index contributed by atoms with van der Waals surface area (Å²) in [5.41, 5.74) is 1.84. The minimum Gasteiger partial charge on any atom is -0.481 e. The maximum absolute atomic E-state index is 10.8. The van der Waals surface area contributed by atoms with E-state index in [1.54, 1.807) is 24.5 Å². The van der Waals surface area contributed by atoms with Gasteiger partial charge in [0.1, 0.15) is 5.01 Å².